The Morgan fingerprint density at radius 3 is 2.41 bits per heavy atom. The fourth-order valence-corrected chi connectivity index (χ4v) is 5.41. The van der Waals surface area contributed by atoms with Gasteiger partial charge < -0.3 is 24.8 Å². The van der Waals surface area contributed by atoms with Crippen LogP contribution in [0.3, 0.4) is 0 Å². The topological polar surface area (TPSA) is 149 Å². The zero-order valence-electron chi connectivity index (χ0n) is 23.4. The second kappa shape index (κ2) is 10.4. The highest BCUT2D eigenvalue weighted by Gasteiger charge is 2.46. The highest BCUT2D eigenvalue weighted by molar-refractivity contribution is 5.69. The molecule has 1 aromatic carbocycles. The molecule has 4 heterocycles. The number of hydrogen-bond donors (Lipinski definition) is 1. The molecule has 2 fully saturated rings. The molecule has 2 N–H and O–H groups in total. The number of piperazine rings is 1. The third-order valence-electron chi connectivity index (χ3n) is 7.68. The number of rotatable bonds is 5. The normalized spacial score (nSPS) is 18.6. The molecule has 212 valence electrons. The Hall–Kier alpha value is -4.61. The summed E-state index contributed by atoms with van der Waals surface area (Å²) in [6.45, 7) is 6.88. The van der Waals surface area contributed by atoms with Crippen LogP contribution >= 0.6 is 0 Å². The van der Waals surface area contributed by atoms with E-state index in [1.165, 1.54) is 0 Å². The molecule has 3 aromatic heterocycles. The van der Waals surface area contributed by atoms with Crippen LogP contribution in [-0.4, -0.2) is 66.3 Å². The summed E-state index contributed by atoms with van der Waals surface area (Å²) < 4.78 is 11.6. The van der Waals surface area contributed by atoms with Crippen LogP contribution in [0, 0.1) is 0 Å². The van der Waals surface area contributed by atoms with Gasteiger partial charge in [0.1, 0.15) is 17.5 Å². The molecule has 1 atom stereocenters. The Bertz CT molecular complexity index is 1500. The molecule has 12 nitrogen and oxygen atoms in total. The Morgan fingerprint density at radius 2 is 1.78 bits per heavy atom. The standard InChI is InChI=1S/C29H33N9O3/c1-28(2,3)40-27(39)37-13-14-38(23-17-31-11-12-32-23)22(18-37)24-35-25(36-41-24)29(9-4-10-29)21-7-5-19(6-8-21)20-15-33-26(30)34-16-20/h5-8,11-12,15-17,22H,4,9-10,13-14,18H2,1-3H3,(H2,30,33,34). The molecule has 1 unspecified atom stereocenters. The van der Waals surface area contributed by atoms with Gasteiger partial charge in [0.25, 0.3) is 5.89 Å². The SMILES string of the molecule is CC(C)(C)OC(=O)N1CCN(c2cnccn2)C(c2nc(C3(c4ccc(-c5cnc(N)nc5)cc4)CCC3)no2)C1. The number of nitrogens with two attached hydrogens (primary N) is 1. The predicted molar refractivity (Wildman–Crippen MR) is 151 cm³/mol. The smallest absolute Gasteiger partial charge is 0.410 e. The van der Waals surface area contributed by atoms with E-state index in [0.717, 1.165) is 36.0 Å². The molecule has 0 radical (unpaired) electrons. The summed E-state index contributed by atoms with van der Waals surface area (Å²) in [5.41, 5.74) is 7.73. The van der Waals surface area contributed by atoms with Crippen LogP contribution in [-0.2, 0) is 10.2 Å². The first kappa shape index (κ1) is 26.6. The Labute approximate surface area is 238 Å². The minimum absolute atomic E-state index is 0.247. The summed E-state index contributed by atoms with van der Waals surface area (Å²) in [5.74, 6) is 2.01. The number of carbonyl (C=O) groups excluding carboxylic acids is 1. The van der Waals surface area contributed by atoms with E-state index >= 15 is 0 Å². The van der Waals surface area contributed by atoms with Gasteiger partial charge in [-0.25, -0.2) is 19.7 Å². The summed E-state index contributed by atoms with van der Waals surface area (Å²) in [4.78, 5) is 38.6. The van der Waals surface area contributed by atoms with Gasteiger partial charge >= 0.3 is 6.09 Å². The fraction of sp³-hybridized carbons (Fsp3) is 0.414. The zero-order valence-corrected chi connectivity index (χ0v) is 23.4. The van der Waals surface area contributed by atoms with Gasteiger partial charge in [0, 0.05) is 43.4 Å². The third-order valence-corrected chi connectivity index (χ3v) is 7.68. The highest BCUT2D eigenvalue weighted by atomic mass is 16.6. The molecular weight excluding hydrogens is 522 g/mol. The molecule has 0 bridgehead atoms. The molecule has 12 heteroatoms. The van der Waals surface area contributed by atoms with Crippen molar-refractivity contribution in [1.82, 2.24) is 35.0 Å². The van der Waals surface area contributed by atoms with Gasteiger partial charge in [-0.2, -0.15) is 4.98 Å². The van der Waals surface area contributed by atoms with E-state index in [1.54, 1.807) is 35.9 Å². The maximum atomic E-state index is 13.0. The largest absolute Gasteiger partial charge is 0.444 e. The third kappa shape index (κ3) is 5.29. The molecule has 1 saturated heterocycles. The molecule has 1 amide bonds. The number of carbonyl (C=O) groups is 1. The van der Waals surface area contributed by atoms with E-state index in [4.69, 9.17) is 20.0 Å². The first-order valence-electron chi connectivity index (χ1n) is 13.7. The summed E-state index contributed by atoms with van der Waals surface area (Å²) in [5, 5.41) is 4.49. The quantitative estimate of drug-likeness (QED) is 0.378. The lowest BCUT2D eigenvalue weighted by Crippen LogP contribution is -2.52. The van der Waals surface area contributed by atoms with Crippen molar-refractivity contribution < 1.29 is 14.1 Å². The van der Waals surface area contributed by atoms with E-state index < -0.39 is 11.6 Å². The molecule has 1 aliphatic carbocycles. The molecule has 1 saturated carbocycles. The molecule has 0 spiro atoms. The zero-order chi connectivity index (χ0) is 28.6. The number of anilines is 2. The van der Waals surface area contributed by atoms with Crippen molar-refractivity contribution in [3.63, 3.8) is 0 Å². The fourth-order valence-electron chi connectivity index (χ4n) is 5.41. The van der Waals surface area contributed by atoms with Gasteiger partial charge in [0.05, 0.1) is 18.2 Å². The van der Waals surface area contributed by atoms with Gasteiger partial charge in [0.15, 0.2) is 5.82 Å². The summed E-state index contributed by atoms with van der Waals surface area (Å²) in [6, 6.07) is 7.93. The number of hydrogen-bond acceptors (Lipinski definition) is 11. The summed E-state index contributed by atoms with van der Waals surface area (Å²) in [7, 11) is 0. The lowest BCUT2D eigenvalue weighted by molar-refractivity contribution is 0.0205. The molecule has 2 aliphatic rings. The van der Waals surface area contributed by atoms with Gasteiger partial charge in [-0.1, -0.05) is 35.8 Å². The van der Waals surface area contributed by atoms with Crippen LogP contribution in [0.15, 0.2) is 59.8 Å². The maximum absolute atomic E-state index is 13.0. The average molecular weight is 556 g/mol. The van der Waals surface area contributed by atoms with E-state index in [0.29, 0.717) is 37.2 Å². The van der Waals surface area contributed by atoms with Crippen LogP contribution in [0.5, 0.6) is 0 Å². The average Bonchev–Trinajstić information content (AvgIpc) is 3.43. The van der Waals surface area contributed by atoms with Crippen LogP contribution < -0.4 is 10.6 Å². The molecule has 4 aromatic rings. The Morgan fingerprint density at radius 1 is 1.02 bits per heavy atom. The van der Waals surface area contributed by atoms with Gasteiger partial charge in [-0.3, -0.25) is 4.98 Å². The Kier molecular flexibility index (Phi) is 6.76. The van der Waals surface area contributed by atoms with Crippen molar-refractivity contribution in [2.45, 2.75) is 57.1 Å². The number of nitrogen functional groups attached to an aromatic ring is 1. The molecule has 41 heavy (non-hydrogen) atoms. The van der Waals surface area contributed by atoms with Gasteiger partial charge in [0.2, 0.25) is 5.95 Å². The van der Waals surface area contributed by atoms with Crippen molar-refractivity contribution in [2.75, 3.05) is 30.3 Å². The second-order valence-electron chi connectivity index (χ2n) is 11.5. The minimum Gasteiger partial charge on any atom is -0.444 e. The molecule has 6 rings (SSSR count). The number of aromatic nitrogens is 6. The Balaban J connectivity index is 1.29. The summed E-state index contributed by atoms with van der Waals surface area (Å²) in [6.07, 6.45) is 10.9. The van der Waals surface area contributed by atoms with Crippen LogP contribution in [0.1, 0.15) is 63.4 Å². The number of ether oxygens (including phenoxy) is 1. The summed E-state index contributed by atoms with van der Waals surface area (Å²) >= 11 is 0. The van der Waals surface area contributed by atoms with Crippen molar-refractivity contribution in [1.29, 1.82) is 0 Å². The van der Waals surface area contributed by atoms with Crippen molar-refractivity contribution in [3.8, 4) is 11.1 Å². The predicted octanol–water partition coefficient (Wildman–Crippen LogP) is 4.17. The van der Waals surface area contributed by atoms with E-state index in [9.17, 15) is 4.79 Å². The van der Waals surface area contributed by atoms with E-state index in [-0.39, 0.29) is 17.5 Å². The van der Waals surface area contributed by atoms with Crippen LogP contribution in [0.2, 0.25) is 0 Å². The van der Waals surface area contributed by atoms with Gasteiger partial charge in [-0.15, -0.1) is 0 Å². The first-order valence-corrected chi connectivity index (χ1v) is 13.7. The van der Waals surface area contributed by atoms with Crippen molar-refractivity contribution >= 4 is 17.9 Å². The molecular formula is C29H33N9O3. The van der Waals surface area contributed by atoms with Crippen molar-refractivity contribution in [2.24, 2.45) is 0 Å². The number of amides is 1. The maximum Gasteiger partial charge on any atom is 0.410 e. The molecule has 1 aliphatic heterocycles. The highest BCUT2D eigenvalue weighted by Crippen LogP contribution is 2.48. The van der Waals surface area contributed by atoms with Crippen molar-refractivity contribution in [3.05, 3.63) is 72.5 Å². The lowest BCUT2D eigenvalue weighted by Gasteiger charge is -2.41. The monoisotopic (exact) mass is 555 g/mol. The van der Waals surface area contributed by atoms with E-state index in [2.05, 4.69) is 54.3 Å². The number of benzene rings is 1. The van der Waals surface area contributed by atoms with E-state index in [1.807, 2.05) is 20.8 Å². The lowest BCUT2D eigenvalue weighted by atomic mass is 9.64. The van der Waals surface area contributed by atoms with Crippen LogP contribution in [0.4, 0.5) is 16.6 Å². The number of nitrogens with zero attached hydrogens (tertiary/aromatic N) is 8. The van der Waals surface area contributed by atoms with Crippen LogP contribution in [0.25, 0.3) is 11.1 Å². The minimum atomic E-state index is -0.598. The second-order valence-corrected chi connectivity index (χ2v) is 11.5. The first-order chi connectivity index (χ1) is 19.7. The van der Waals surface area contributed by atoms with Gasteiger partial charge in [-0.05, 0) is 44.7 Å².